The lowest BCUT2D eigenvalue weighted by Crippen LogP contribution is -2.20. The number of carbonyl (C=O) groups is 1. The molecule has 1 amide bonds. The fraction of sp³-hybridized carbons (Fsp3) is 0.150. The summed E-state index contributed by atoms with van der Waals surface area (Å²) in [4.78, 5) is 12.4. The zero-order valence-electron chi connectivity index (χ0n) is 14.5. The average Bonchev–Trinajstić information content (AvgIpc) is 3.12. The Morgan fingerprint density at radius 3 is 2.68 bits per heavy atom. The van der Waals surface area contributed by atoms with E-state index < -0.39 is 17.6 Å². The van der Waals surface area contributed by atoms with Gasteiger partial charge in [-0.15, -0.1) is 0 Å². The molecule has 0 unspecified atom stereocenters. The molecule has 2 aromatic carbocycles. The van der Waals surface area contributed by atoms with Crippen molar-refractivity contribution in [2.24, 2.45) is 5.10 Å². The third kappa shape index (κ3) is 3.28. The monoisotopic (exact) mass is 384 g/mol. The van der Waals surface area contributed by atoms with Crippen LogP contribution in [0.2, 0.25) is 0 Å². The summed E-state index contributed by atoms with van der Waals surface area (Å²) < 4.78 is 39.0. The predicted molar refractivity (Wildman–Crippen MR) is 97.9 cm³/mol. The van der Waals surface area contributed by atoms with Gasteiger partial charge in [-0.2, -0.15) is 23.4 Å². The third-order valence-corrected chi connectivity index (χ3v) is 4.65. The first-order chi connectivity index (χ1) is 13.4. The topological polar surface area (TPSA) is 70.1 Å². The number of aromatic amines is 1. The van der Waals surface area contributed by atoms with Gasteiger partial charge in [-0.05, 0) is 24.5 Å². The van der Waals surface area contributed by atoms with Gasteiger partial charge in [0.05, 0.1) is 17.5 Å². The second-order valence-electron chi connectivity index (χ2n) is 6.37. The lowest BCUT2D eigenvalue weighted by atomic mass is 9.89. The molecule has 0 radical (unpaired) electrons. The molecule has 4 rings (SSSR count). The molecule has 0 spiro atoms. The summed E-state index contributed by atoms with van der Waals surface area (Å²) in [6.07, 6.45) is -2.08. The molecule has 0 fully saturated rings. The molecule has 8 heteroatoms. The molecule has 3 aromatic rings. The van der Waals surface area contributed by atoms with Crippen LogP contribution in [-0.4, -0.2) is 22.3 Å². The number of hydrogen-bond acceptors (Lipinski definition) is 3. The fourth-order valence-corrected chi connectivity index (χ4v) is 3.33. The molecular formula is C20H15F3N4O. The minimum absolute atomic E-state index is 0.129. The third-order valence-electron chi connectivity index (χ3n) is 4.65. The summed E-state index contributed by atoms with van der Waals surface area (Å²) in [5, 5.41) is 10.7. The summed E-state index contributed by atoms with van der Waals surface area (Å²) >= 11 is 0. The molecule has 0 aliphatic heterocycles. The summed E-state index contributed by atoms with van der Waals surface area (Å²) in [7, 11) is 0. The Morgan fingerprint density at radius 1 is 1.11 bits per heavy atom. The van der Waals surface area contributed by atoms with Crippen molar-refractivity contribution in [1.29, 1.82) is 0 Å². The van der Waals surface area contributed by atoms with E-state index in [0.29, 0.717) is 6.42 Å². The number of rotatable bonds is 3. The van der Waals surface area contributed by atoms with Gasteiger partial charge in [0.2, 0.25) is 0 Å². The van der Waals surface area contributed by atoms with Crippen LogP contribution >= 0.6 is 0 Å². The van der Waals surface area contributed by atoms with E-state index in [1.54, 1.807) is 0 Å². The van der Waals surface area contributed by atoms with Crippen LogP contribution in [0.25, 0.3) is 11.3 Å². The number of H-pyrrole nitrogens is 1. The van der Waals surface area contributed by atoms with Gasteiger partial charge in [-0.1, -0.05) is 42.5 Å². The average molecular weight is 384 g/mol. The minimum Gasteiger partial charge on any atom is -0.272 e. The molecule has 1 aliphatic carbocycles. The van der Waals surface area contributed by atoms with E-state index in [9.17, 15) is 18.0 Å². The summed E-state index contributed by atoms with van der Waals surface area (Å²) in [6, 6.07) is 12.9. The van der Waals surface area contributed by atoms with Gasteiger partial charge in [-0.25, -0.2) is 5.43 Å². The Labute approximate surface area is 158 Å². The zero-order chi connectivity index (χ0) is 19.7. The van der Waals surface area contributed by atoms with E-state index >= 15 is 0 Å². The summed E-state index contributed by atoms with van der Waals surface area (Å²) in [5.41, 5.74) is 5.24. The zero-order valence-corrected chi connectivity index (χ0v) is 14.5. The van der Waals surface area contributed by atoms with Crippen LogP contribution in [0.3, 0.4) is 0 Å². The van der Waals surface area contributed by atoms with Crippen molar-refractivity contribution >= 4 is 12.1 Å². The number of aryl methyl sites for hydroxylation is 1. The number of aromatic nitrogens is 2. The molecule has 2 N–H and O–H groups in total. The van der Waals surface area contributed by atoms with Crippen LogP contribution in [0, 0.1) is 0 Å². The number of amides is 1. The first kappa shape index (κ1) is 18.0. The number of carbonyl (C=O) groups excluding carboxylic acids is 1. The maximum Gasteiger partial charge on any atom is 0.417 e. The Kier molecular flexibility index (Phi) is 4.46. The Balaban J connectivity index is 1.54. The summed E-state index contributed by atoms with van der Waals surface area (Å²) in [6.45, 7) is 0. The van der Waals surface area contributed by atoms with Gasteiger partial charge in [0.25, 0.3) is 5.91 Å². The lowest BCUT2D eigenvalue weighted by molar-refractivity contribution is -0.137. The van der Waals surface area contributed by atoms with E-state index in [1.165, 1.54) is 18.2 Å². The number of alkyl halides is 3. The Bertz CT molecular complexity index is 1070. The SMILES string of the molecule is O=C(NN=Cc1ccccc1C(F)(F)F)c1[nH]nc2c1CCc1ccccc1-2. The molecule has 0 bridgehead atoms. The van der Waals surface area contributed by atoms with Gasteiger partial charge >= 0.3 is 6.18 Å². The second kappa shape index (κ2) is 6.95. The minimum atomic E-state index is -4.50. The quantitative estimate of drug-likeness (QED) is 0.530. The molecule has 28 heavy (non-hydrogen) atoms. The largest absolute Gasteiger partial charge is 0.417 e. The molecule has 1 heterocycles. The van der Waals surface area contributed by atoms with Crippen molar-refractivity contribution in [2.45, 2.75) is 19.0 Å². The van der Waals surface area contributed by atoms with Gasteiger partial charge in [0.15, 0.2) is 0 Å². The van der Waals surface area contributed by atoms with Crippen LogP contribution in [0.1, 0.15) is 32.7 Å². The van der Waals surface area contributed by atoms with Crippen molar-refractivity contribution < 1.29 is 18.0 Å². The van der Waals surface area contributed by atoms with E-state index in [2.05, 4.69) is 20.7 Å². The van der Waals surface area contributed by atoms with Crippen molar-refractivity contribution in [3.8, 4) is 11.3 Å². The van der Waals surface area contributed by atoms with Crippen molar-refractivity contribution in [3.63, 3.8) is 0 Å². The number of fused-ring (bicyclic) bond motifs is 3. The van der Waals surface area contributed by atoms with E-state index in [1.807, 2.05) is 24.3 Å². The maximum atomic E-state index is 13.0. The van der Waals surface area contributed by atoms with Gasteiger partial charge in [-0.3, -0.25) is 9.89 Å². The fourth-order valence-electron chi connectivity index (χ4n) is 3.33. The molecule has 0 saturated carbocycles. The number of halogens is 3. The van der Waals surface area contributed by atoms with Gasteiger partial charge in [0.1, 0.15) is 5.69 Å². The van der Waals surface area contributed by atoms with E-state index in [-0.39, 0.29) is 11.3 Å². The molecule has 0 atom stereocenters. The normalized spacial score (nSPS) is 13.2. The molecule has 5 nitrogen and oxygen atoms in total. The van der Waals surface area contributed by atoms with E-state index in [0.717, 1.165) is 41.1 Å². The highest BCUT2D eigenvalue weighted by Crippen LogP contribution is 2.33. The highest BCUT2D eigenvalue weighted by atomic mass is 19.4. The maximum absolute atomic E-state index is 13.0. The highest BCUT2D eigenvalue weighted by molar-refractivity contribution is 5.96. The molecule has 1 aliphatic rings. The molecule has 1 aromatic heterocycles. The van der Waals surface area contributed by atoms with E-state index in [4.69, 9.17) is 0 Å². The molecular weight excluding hydrogens is 369 g/mol. The molecule has 142 valence electrons. The summed E-state index contributed by atoms with van der Waals surface area (Å²) in [5.74, 6) is -0.547. The standard InChI is InChI=1S/C20H15F3N4O/c21-20(22,23)16-8-4-2-6-13(16)11-24-27-19(28)18-15-10-9-12-5-1-3-7-14(12)17(15)25-26-18/h1-8,11H,9-10H2,(H,25,26)(H,27,28). The van der Waals surface area contributed by atoms with Crippen LogP contribution in [0.5, 0.6) is 0 Å². The predicted octanol–water partition coefficient (Wildman–Crippen LogP) is 3.96. The first-order valence-corrected chi connectivity index (χ1v) is 8.60. The number of nitrogens with zero attached hydrogens (tertiary/aromatic N) is 2. The van der Waals surface area contributed by atoms with Crippen molar-refractivity contribution in [2.75, 3.05) is 0 Å². The number of nitrogens with one attached hydrogen (secondary N) is 2. The van der Waals surface area contributed by atoms with Crippen LogP contribution in [-0.2, 0) is 19.0 Å². The second-order valence-corrected chi connectivity index (χ2v) is 6.37. The number of benzene rings is 2. The lowest BCUT2D eigenvalue weighted by Gasteiger charge is -2.15. The van der Waals surface area contributed by atoms with Crippen LogP contribution < -0.4 is 5.43 Å². The van der Waals surface area contributed by atoms with Gasteiger partial charge < -0.3 is 0 Å². The first-order valence-electron chi connectivity index (χ1n) is 8.60. The number of hydrogen-bond donors (Lipinski definition) is 2. The smallest absolute Gasteiger partial charge is 0.272 e. The Morgan fingerprint density at radius 2 is 1.86 bits per heavy atom. The van der Waals surface area contributed by atoms with Crippen LogP contribution in [0.4, 0.5) is 13.2 Å². The van der Waals surface area contributed by atoms with Crippen molar-refractivity contribution in [1.82, 2.24) is 15.6 Å². The van der Waals surface area contributed by atoms with Crippen LogP contribution in [0.15, 0.2) is 53.6 Å². The molecule has 0 saturated heterocycles. The highest BCUT2D eigenvalue weighted by Gasteiger charge is 2.32. The number of hydrazone groups is 1. The Hall–Kier alpha value is -3.42. The van der Waals surface area contributed by atoms with Gasteiger partial charge in [0, 0.05) is 16.7 Å². The van der Waals surface area contributed by atoms with Crippen molar-refractivity contribution in [3.05, 3.63) is 76.5 Å².